The number of carbonyl (C=O) groups is 2. The molecule has 0 spiro atoms. The van der Waals surface area contributed by atoms with Gasteiger partial charge >= 0.3 is 0 Å². The molecule has 7 rings (SSSR count). The molecule has 5 aliphatic rings. The lowest BCUT2D eigenvalue weighted by Crippen LogP contribution is -2.58. The lowest BCUT2D eigenvalue weighted by atomic mass is 9.75. The lowest BCUT2D eigenvalue weighted by Gasteiger charge is -2.45. The molecule has 21 nitrogen and oxygen atoms in total. The molecule has 67 heavy (non-hydrogen) atoms. The minimum Gasteiger partial charge on any atom is -0.507 e. The molecule has 4 saturated heterocycles. The summed E-state index contributed by atoms with van der Waals surface area (Å²) in [5, 5.41) is 108. The van der Waals surface area contributed by atoms with Crippen molar-refractivity contribution in [1.82, 2.24) is 0 Å². The normalized spacial score (nSPS) is 40.8. The van der Waals surface area contributed by atoms with Gasteiger partial charge in [-0.15, -0.1) is 0 Å². The van der Waals surface area contributed by atoms with E-state index in [1.165, 1.54) is 40.0 Å². The molecular formula is C46H66O21. The van der Waals surface area contributed by atoms with Gasteiger partial charge < -0.3 is 93.7 Å². The van der Waals surface area contributed by atoms with E-state index in [0.717, 1.165) is 0 Å². The zero-order valence-electron chi connectivity index (χ0n) is 38.7. The Hall–Kier alpha value is -3.20. The predicted octanol–water partition coefficient (Wildman–Crippen LogP) is -0.130. The van der Waals surface area contributed by atoms with Gasteiger partial charge in [0.25, 0.3) is 0 Å². The Labute approximate surface area is 387 Å². The second kappa shape index (κ2) is 20.3. The first-order valence-electron chi connectivity index (χ1n) is 22.8. The monoisotopic (exact) mass is 954 g/mol. The predicted molar refractivity (Wildman–Crippen MR) is 229 cm³/mol. The number of methoxy groups -OCH3 is 1. The molecule has 2 aromatic carbocycles. The van der Waals surface area contributed by atoms with Crippen LogP contribution < -0.4 is 4.74 Å². The third-order valence-electron chi connectivity index (χ3n) is 13.9. The van der Waals surface area contributed by atoms with Gasteiger partial charge in [0.1, 0.15) is 60.0 Å². The fraction of sp³-hybridized carbons (Fsp3) is 0.739. The number of aromatic hydroxyl groups is 2. The minimum atomic E-state index is -1.92. The van der Waals surface area contributed by atoms with Crippen LogP contribution in [0.4, 0.5) is 0 Å². The van der Waals surface area contributed by atoms with Gasteiger partial charge in [0.05, 0.1) is 65.4 Å². The fourth-order valence-electron chi connectivity index (χ4n) is 9.92. The second-order valence-corrected chi connectivity index (χ2v) is 19.0. The van der Waals surface area contributed by atoms with E-state index in [4.69, 9.17) is 42.6 Å². The Kier molecular flexibility index (Phi) is 15.6. The number of Topliss-reactive ketones (excluding diaryl/α,β-unsaturated/α-hetero) is 2. The molecule has 21 heteroatoms. The van der Waals surface area contributed by atoms with Crippen LogP contribution in [-0.4, -0.2) is 192 Å². The van der Waals surface area contributed by atoms with Gasteiger partial charge in [0.2, 0.25) is 6.29 Å². The molecule has 4 aliphatic heterocycles. The summed E-state index contributed by atoms with van der Waals surface area (Å²) in [6.07, 6.45) is -22.6. The fourth-order valence-corrected chi connectivity index (χ4v) is 9.92. The van der Waals surface area contributed by atoms with Gasteiger partial charge in [-0.1, -0.05) is 0 Å². The van der Waals surface area contributed by atoms with Crippen LogP contribution in [0.3, 0.4) is 0 Å². The van der Waals surface area contributed by atoms with Crippen LogP contribution in [0, 0.1) is 12.8 Å². The van der Waals surface area contributed by atoms with Crippen LogP contribution >= 0.6 is 0 Å². The Morgan fingerprint density at radius 2 is 1.33 bits per heavy atom. The SMILES string of the molecule is CO[C@H](C(=O)[C@@H](O)[C@@H](C)O)[C@@H]1Cc2cc3cc(O[C@H]4C[C@@H](O[C@H]5C[C@@H](O)[C@H](O)C(C)O5)[C@H](O)C(C)O4)c(C)c(O)c3c(O)c2C(=O)[C@H]1O[C@H]1C[C@@H](O[C@H]2C[C@](C)(O)[C@H](O)C(C)O2)[C@H](O)C(C)O1. The van der Waals surface area contributed by atoms with E-state index in [2.05, 4.69) is 0 Å². The van der Waals surface area contributed by atoms with Gasteiger partial charge in [-0.3, -0.25) is 9.59 Å². The van der Waals surface area contributed by atoms with Crippen molar-refractivity contribution in [3.05, 3.63) is 28.8 Å². The smallest absolute Gasteiger partial charge is 0.202 e. The number of benzene rings is 2. The molecule has 2 aromatic rings. The van der Waals surface area contributed by atoms with Crippen LogP contribution in [0.25, 0.3) is 10.8 Å². The van der Waals surface area contributed by atoms with Crippen LogP contribution in [0.5, 0.6) is 17.2 Å². The Morgan fingerprint density at radius 3 is 1.91 bits per heavy atom. The quantitative estimate of drug-likeness (QED) is 0.125. The number of hydrogen-bond acceptors (Lipinski definition) is 21. The molecule has 21 atom stereocenters. The van der Waals surface area contributed by atoms with Gasteiger partial charge in [-0.25, -0.2) is 0 Å². The van der Waals surface area contributed by atoms with Crippen molar-refractivity contribution in [2.45, 2.75) is 203 Å². The highest BCUT2D eigenvalue weighted by molar-refractivity contribution is 6.11. The summed E-state index contributed by atoms with van der Waals surface area (Å²) in [6, 6.07) is 3.04. The number of fused-ring (bicyclic) bond motifs is 2. The van der Waals surface area contributed by atoms with Crippen LogP contribution in [0.2, 0.25) is 0 Å². The number of ketones is 2. The first-order valence-corrected chi connectivity index (χ1v) is 22.8. The molecule has 4 fully saturated rings. The molecule has 0 bridgehead atoms. The Balaban J connectivity index is 1.18. The van der Waals surface area contributed by atoms with Gasteiger partial charge in [-0.2, -0.15) is 0 Å². The van der Waals surface area contributed by atoms with E-state index >= 15 is 0 Å². The van der Waals surface area contributed by atoms with Crippen molar-refractivity contribution in [1.29, 1.82) is 0 Å². The summed E-state index contributed by atoms with van der Waals surface area (Å²) in [4.78, 5) is 28.6. The van der Waals surface area contributed by atoms with Crippen molar-refractivity contribution in [3.63, 3.8) is 0 Å². The number of phenolic OH excluding ortho intramolecular Hbond substituents is 2. The minimum absolute atomic E-state index is 0.0243. The maximum Gasteiger partial charge on any atom is 0.202 e. The van der Waals surface area contributed by atoms with E-state index in [-0.39, 0.29) is 65.3 Å². The largest absolute Gasteiger partial charge is 0.507 e. The maximum absolute atomic E-state index is 14.8. The zero-order valence-corrected chi connectivity index (χ0v) is 38.7. The Morgan fingerprint density at radius 1 is 0.776 bits per heavy atom. The average Bonchev–Trinajstić information content (AvgIpc) is 3.25. The molecule has 0 radical (unpaired) electrons. The van der Waals surface area contributed by atoms with Crippen molar-refractivity contribution < 1.29 is 103 Å². The molecular weight excluding hydrogens is 888 g/mol. The van der Waals surface area contributed by atoms with Gasteiger partial charge in [-0.05, 0) is 78.0 Å². The summed E-state index contributed by atoms with van der Waals surface area (Å²) >= 11 is 0. The van der Waals surface area contributed by atoms with Crippen molar-refractivity contribution in [3.8, 4) is 17.2 Å². The van der Waals surface area contributed by atoms with Crippen LogP contribution in [0.1, 0.15) is 88.7 Å². The number of aliphatic hydroxyl groups excluding tert-OH is 7. The number of rotatable bonds is 13. The number of hydrogen-bond donors (Lipinski definition) is 10. The molecule has 376 valence electrons. The van der Waals surface area contributed by atoms with E-state index in [1.54, 1.807) is 27.7 Å². The van der Waals surface area contributed by atoms with Crippen LogP contribution in [-0.2, 0) is 49.1 Å². The summed E-state index contributed by atoms with van der Waals surface area (Å²) in [5.41, 5.74) is -1.46. The highest BCUT2D eigenvalue weighted by atomic mass is 16.7. The van der Waals surface area contributed by atoms with E-state index in [0.29, 0.717) is 0 Å². The third-order valence-corrected chi connectivity index (χ3v) is 13.9. The third kappa shape index (κ3) is 10.3. The molecule has 1 aliphatic carbocycles. The first-order chi connectivity index (χ1) is 31.4. The number of ether oxygens (including phenoxy) is 9. The van der Waals surface area contributed by atoms with Crippen molar-refractivity contribution >= 4 is 22.3 Å². The van der Waals surface area contributed by atoms with E-state index in [1.807, 2.05) is 0 Å². The maximum atomic E-state index is 14.8. The average molecular weight is 955 g/mol. The summed E-state index contributed by atoms with van der Waals surface area (Å²) in [6.45, 7) is 10.5. The van der Waals surface area contributed by atoms with E-state index in [9.17, 15) is 60.7 Å². The van der Waals surface area contributed by atoms with Crippen molar-refractivity contribution in [2.24, 2.45) is 5.92 Å². The molecule has 4 unspecified atom stereocenters. The van der Waals surface area contributed by atoms with Crippen LogP contribution in [0.15, 0.2) is 12.1 Å². The lowest BCUT2D eigenvalue weighted by molar-refractivity contribution is -0.320. The van der Waals surface area contributed by atoms with Gasteiger partial charge in [0.15, 0.2) is 30.4 Å². The molecule has 0 amide bonds. The van der Waals surface area contributed by atoms with E-state index < -0.39 is 151 Å². The topological polar surface area (TPSA) is 320 Å². The number of aliphatic hydroxyl groups is 8. The van der Waals surface area contributed by atoms with Gasteiger partial charge in [0, 0.05) is 44.3 Å². The molecule has 4 heterocycles. The first kappa shape index (κ1) is 51.6. The molecule has 10 N–H and O–H groups in total. The summed E-state index contributed by atoms with van der Waals surface area (Å²) in [7, 11) is 1.19. The second-order valence-electron chi connectivity index (χ2n) is 19.0. The molecule has 0 aromatic heterocycles. The standard InChI is InChI=1S/C46H66O21/c1-16-26(64-30-13-27(38(52)19(4)61-30)65-29-12-25(48)37(51)18(3)60-29)11-23-9-22-10-24(43(59-8)42(56)36(50)17(2)47)44(41(55)34(22)40(54)33(23)35(16)49)67-31-14-28(39(53)20(5)62-31)66-32-15-46(7,58)45(57)21(6)63-32/h9,11,17-21,24-25,27-32,36-39,43-45,47-54,57-58H,10,12-15H2,1-8H3/t17-,18?,19?,20?,21?,24+,25-,27-,28-,29+,30+,31+,32+,36+,37-,38-,39-,43+,44+,45-,46+/m1/s1. The molecule has 0 saturated carbocycles. The summed E-state index contributed by atoms with van der Waals surface area (Å²) in [5.74, 6) is -3.96. The number of phenols is 2. The number of carbonyl (C=O) groups excluding carboxylic acids is 2. The summed E-state index contributed by atoms with van der Waals surface area (Å²) < 4.78 is 53.9. The van der Waals surface area contributed by atoms with Crippen molar-refractivity contribution in [2.75, 3.05) is 7.11 Å². The highest BCUT2D eigenvalue weighted by Gasteiger charge is 2.51. The Bertz CT molecular complexity index is 2090. The zero-order chi connectivity index (χ0) is 49.1. The highest BCUT2D eigenvalue weighted by Crippen LogP contribution is 2.47.